The van der Waals surface area contributed by atoms with E-state index in [9.17, 15) is 14.4 Å². The molecule has 0 aliphatic carbocycles. The van der Waals surface area contributed by atoms with E-state index in [0.29, 0.717) is 17.9 Å². The fourth-order valence-electron chi connectivity index (χ4n) is 2.58. The summed E-state index contributed by atoms with van der Waals surface area (Å²) < 4.78 is 10.1. The second kappa shape index (κ2) is 6.96. The molecule has 1 saturated heterocycles. The van der Waals surface area contributed by atoms with Crippen molar-refractivity contribution < 1.29 is 23.9 Å². The number of amides is 3. The number of carbonyl (C=O) groups is 3. The highest BCUT2D eigenvalue weighted by Gasteiger charge is 2.52. The van der Waals surface area contributed by atoms with E-state index in [0.717, 1.165) is 10.5 Å². The molecule has 0 spiro atoms. The van der Waals surface area contributed by atoms with Gasteiger partial charge in [-0.25, -0.2) is 14.5 Å². The molecule has 7 heteroatoms. The van der Waals surface area contributed by atoms with Crippen LogP contribution in [0.4, 0.5) is 4.79 Å². The molecule has 0 bridgehead atoms. The van der Waals surface area contributed by atoms with Crippen molar-refractivity contribution in [2.45, 2.75) is 32.4 Å². The van der Waals surface area contributed by atoms with Crippen LogP contribution in [-0.2, 0) is 19.9 Å². The van der Waals surface area contributed by atoms with Crippen molar-refractivity contribution in [3.05, 3.63) is 42.0 Å². The Morgan fingerprint density at radius 2 is 1.92 bits per heavy atom. The molecule has 1 aromatic carbocycles. The summed E-state index contributed by atoms with van der Waals surface area (Å²) in [6.07, 6.45) is 0. The lowest BCUT2D eigenvalue weighted by molar-refractivity contribution is -0.149. The van der Waals surface area contributed by atoms with E-state index >= 15 is 0 Å². The summed E-state index contributed by atoms with van der Waals surface area (Å²) in [6, 6.07) is 5.21. The third-order valence-corrected chi connectivity index (χ3v) is 4.07. The van der Waals surface area contributed by atoms with Crippen LogP contribution < -0.4 is 10.1 Å². The summed E-state index contributed by atoms with van der Waals surface area (Å²) in [5, 5.41) is 2.65. The number of imide groups is 1. The number of benzene rings is 1. The van der Waals surface area contributed by atoms with Gasteiger partial charge in [0.25, 0.3) is 5.91 Å². The van der Waals surface area contributed by atoms with Crippen LogP contribution in [0.5, 0.6) is 5.75 Å². The van der Waals surface area contributed by atoms with E-state index in [-0.39, 0.29) is 0 Å². The Kier molecular flexibility index (Phi) is 5.15. The maximum Gasteiger partial charge on any atom is 0.328 e. The molecule has 0 aromatic heterocycles. The fourth-order valence-corrected chi connectivity index (χ4v) is 2.58. The maximum absolute atomic E-state index is 12.8. The number of hydrogen-bond acceptors (Lipinski definition) is 5. The molecule has 1 aliphatic heterocycles. The van der Waals surface area contributed by atoms with Gasteiger partial charge < -0.3 is 14.8 Å². The lowest BCUT2D eigenvalue weighted by atomic mass is 9.92. The van der Waals surface area contributed by atoms with Crippen LogP contribution in [-0.4, -0.2) is 42.6 Å². The predicted molar refractivity (Wildman–Crippen MR) is 91.0 cm³/mol. The Morgan fingerprint density at radius 1 is 1.32 bits per heavy atom. The summed E-state index contributed by atoms with van der Waals surface area (Å²) in [7, 11) is 1.21. The first-order valence-corrected chi connectivity index (χ1v) is 7.82. The normalized spacial score (nSPS) is 20.9. The van der Waals surface area contributed by atoms with Gasteiger partial charge in [0.05, 0.1) is 7.11 Å². The van der Waals surface area contributed by atoms with Crippen molar-refractivity contribution in [3.8, 4) is 5.75 Å². The number of nitrogens with zero attached hydrogens (tertiary/aromatic N) is 1. The van der Waals surface area contributed by atoms with Gasteiger partial charge >= 0.3 is 12.0 Å². The zero-order valence-corrected chi connectivity index (χ0v) is 14.8. The van der Waals surface area contributed by atoms with Crippen molar-refractivity contribution in [1.82, 2.24) is 10.2 Å². The Balaban J connectivity index is 2.23. The molecule has 2 unspecified atom stereocenters. The number of urea groups is 1. The SMILES string of the molecule is C=C(C)COc1ccc(C2(C)NC(=O)N(C(C)C(=O)OC)C2=O)cc1. The first-order chi connectivity index (χ1) is 11.7. The fraction of sp³-hybridized carbons (Fsp3) is 0.389. The number of nitrogens with one attached hydrogen (secondary N) is 1. The molecular weight excluding hydrogens is 324 g/mol. The minimum atomic E-state index is -1.26. The Morgan fingerprint density at radius 3 is 2.44 bits per heavy atom. The van der Waals surface area contributed by atoms with Gasteiger partial charge in [-0.05, 0) is 44.0 Å². The molecule has 1 fully saturated rings. The van der Waals surface area contributed by atoms with Gasteiger partial charge in [0, 0.05) is 0 Å². The van der Waals surface area contributed by atoms with Crippen molar-refractivity contribution in [3.63, 3.8) is 0 Å². The van der Waals surface area contributed by atoms with Gasteiger partial charge in [-0.1, -0.05) is 18.7 Å². The first kappa shape index (κ1) is 18.5. The van der Waals surface area contributed by atoms with Gasteiger partial charge in [0.1, 0.15) is 23.9 Å². The van der Waals surface area contributed by atoms with Crippen LogP contribution in [0.2, 0.25) is 0 Å². The molecule has 2 atom stereocenters. The largest absolute Gasteiger partial charge is 0.489 e. The van der Waals surface area contributed by atoms with Crippen molar-refractivity contribution in [2.24, 2.45) is 0 Å². The van der Waals surface area contributed by atoms with Crippen LogP contribution >= 0.6 is 0 Å². The maximum atomic E-state index is 12.8. The van der Waals surface area contributed by atoms with Gasteiger partial charge in [0.2, 0.25) is 0 Å². The number of ether oxygens (including phenoxy) is 2. The van der Waals surface area contributed by atoms with E-state index in [1.165, 1.54) is 14.0 Å². The van der Waals surface area contributed by atoms with Gasteiger partial charge in [-0.3, -0.25) is 4.79 Å². The molecule has 0 radical (unpaired) electrons. The molecule has 1 aliphatic rings. The van der Waals surface area contributed by atoms with E-state index < -0.39 is 29.5 Å². The van der Waals surface area contributed by atoms with E-state index in [1.807, 2.05) is 6.92 Å². The summed E-state index contributed by atoms with van der Waals surface area (Å²) >= 11 is 0. The molecular formula is C18H22N2O5. The van der Waals surface area contributed by atoms with Gasteiger partial charge in [-0.2, -0.15) is 0 Å². The quantitative estimate of drug-likeness (QED) is 0.484. The Bertz CT molecular complexity index is 713. The second-order valence-corrected chi connectivity index (χ2v) is 6.20. The minimum Gasteiger partial charge on any atom is -0.489 e. The van der Waals surface area contributed by atoms with Gasteiger partial charge in [0.15, 0.2) is 0 Å². The highest BCUT2D eigenvalue weighted by atomic mass is 16.5. The molecule has 134 valence electrons. The Hall–Kier alpha value is -2.83. The summed E-state index contributed by atoms with van der Waals surface area (Å²) in [5.41, 5.74) is 0.224. The number of hydrogen-bond donors (Lipinski definition) is 1. The molecule has 2 rings (SSSR count). The standard InChI is InChI=1S/C18H22N2O5/c1-11(2)10-25-14-8-6-13(7-9-14)18(4)16(22)20(17(23)19-18)12(3)15(21)24-5/h6-9,12H,1,10H2,2-5H3,(H,19,23). The van der Waals surface area contributed by atoms with Crippen LogP contribution in [0.1, 0.15) is 26.3 Å². The average Bonchev–Trinajstić information content (AvgIpc) is 2.82. The summed E-state index contributed by atoms with van der Waals surface area (Å²) in [6.45, 7) is 9.07. The van der Waals surface area contributed by atoms with E-state index in [4.69, 9.17) is 4.74 Å². The smallest absolute Gasteiger partial charge is 0.328 e. The highest BCUT2D eigenvalue weighted by molar-refractivity contribution is 6.09. The van der Waals surface area contributed by atoms with Crippen LogP contribution in [0.15, 0.2) is 36.4 Å². The third kappa shape index (κ3) is 3.50. The van der Waals surface area contributed by atoms with E-state index in [2.05, 4.69) is 16.6 Å². The molecule has 0 saturated carbocycles. The predicted octanol–water partition coefficient (Wildman–Crippen LogP) is 1.97. The third-order valence-electron chi connectivity index (χ3n) is 4.07. The monoisotopic (exact) mass is 346 g/mol. The first-order valence-electron chi connectivity index (χ1n) is 7.82. The number of esters is 1. The summed E-state index contributed by atoms with van der Waals surface area (Å²) in [5.74, 6) is -0.533. The van der Waals surface area contributed by atoms with Gasteiger partial charge in [-0.15, -0.1) is 0 Å². The molecule has 25 heavy (non-hydrogen) atoms. The van der Waals surface area contributed by atoms with Crippen molar-refractivity contribution in [1.29, 1.82) is 0 Å². The van der Waals surface area contributed by atoms with Crippen LogP contribution in [0.25, 0.3) is 0 Å². The molecule has 1 heterocycles. The molecule has 1 N–H and O–H groups in total. The zero-order valence-electron chi connectivity index (χ0n) is 14.8. The Labute approximate surface area is 146 Å². The lowest BCUT2D eigenvalue weighted by Gasteiger charge is -2.24. The number of methoxy groups -OCH3 is 1. The number of rotatable bonds is 6. The van der Waals surface area contributed by atoms with Crippen molar-refractivity contribution in [2.75, 3.05) is 13.7 Å². The molecule has 7 nitrogen and oxygen atoms in total. The lowest BCUT2D eigenvalue weighted by Crippen LogP contribution is -2.45. The van der Waals surface area contributed by atoms with Crippen molar-refractivity contribution >= 4 is 17.9 Å². The van der Waals surface area contributed by atoms with Crippen LogP contribution in [0, 0.1) is 0 Å². The zero-order chi connectivity index (χ0) is 18.8. The highest BCUT2D eigenvalue weighted by Crippen LogP contribution is 2.31. The summed E-state index contributed by atoms with van der Waals surface area (Å²) in [4.78, 5) is 37.6. The second-order valence-electron chi connectivity index (χ2n) is 6.20. The minimum absolute atomic E-state index is 0.400. The number of carbonyl (C=O) groups excluding carboxylic acids is 3. The average molecular weight is 346 g/mol. The van der Waals surface area contributed by atoms with E-state index in [1.54, 1.807) is 31.2 Å². The van der Waals surface area contributed by atoms with Crippen LogP contribution in [0.3, 0.4) is 0 Å². The topological polar surface area (TPSA) is 84.9 Å². The molecule has 1 aromatic rings. The molecule has 3 amide bonds.